The molecule has 3 nitrogen and oxygen atoms in total. The number of rotatable bonds is 2. The smallest absolute Gasteiger partial charge is 0.135 e. The molecule has 0 bridgehead atoms. The van der Waals surface area contributed by atoms with Gasteiger partial charge in [-0.1, -0.05) is 34.6 Å². The van der Waals surface area contributed by atoms with Gasteiger partial charge in [0.25, 0.3) is 0 Å². The lowest BCUT2D eigenvalue weighted by molar-refractivity contribution is 0.581. The van der Waals surface area contributed by atoms with E-state index in [0.29, 0.717) is 5.92 Å². The molecular formula is C11H19N3S. The van der Waals surface area contributed by atoms with Crippen molar-refractivity contribution >= 4 is 17.2 Å². The average molecular weight is 225 g/mol. The van der Waals surface area contributed by atoms with Crippen LogP contribution in [0.1, 0.15) is 56.1 Å². The Balaban J connectivity index is 3.28. The minimum absolute atomic E-state index is 0.0298. The Labute approximate surface area is 95.2 Å². The maximum absolute atomic E-state index is 7.54. The van der Waals surface area contributed by atoms with Gasteiger partial charge >= 0.3 is 0 Å². The second-order valence-corrected chi connectivity index (χ2v) is 6.05. The number of nitrogen functional groups attached to an aromatic ring is 1. The quantitative estimate of drug-likeness (QED) is 0.600. The molecule has 1 aromatic heterocycles. The number of nitrogens with one attached hydrogen (secondary N) is 1. The fourth-order valence-corrected chi connectivity index (χ4v) is 2.38. The fourth-order valence-electron chi connectivity index (χ4n) is 1.24. The summed E-state index contributed by atoms with van der Waals surface area (Å²) in [6.45, 7) is 10.5. The molecule has 1 aromatic rings. The molecule has 1 heterocycles. The number of hydrogen-bond acceptors (Lipinski definition) is 3. The first-order chi connectivity index (χ1) is 6.73. The largest absolute Gasteiger partial charge is 0.383 e. The minimum atomic E-state index is 0.0298. The first-order valence-corrected chi connectivity index (χ1v) is 5.90. The van der Waals surface area contributed by atoms with Crippen molar-refractivity contribution < 1.29 is 0 Å². The molecule has 3 N–H and O–H groups in total. The van der Waals surface area contributed by atoms with E-state index in [1.54, 1.807) is 11.3 Å². The van der Waals surface area contributed by atoms with Gasteiger partial charge in [0, 0.05) is 5.41 Å². The molecule has 0 unspecified atom stereocenters. The molecule has 4 heteroatoms. The molecule has 0 amide bonds. The lowest BCUT2D eigenvalue weighted by Crippen LogP contribution is -2.12. The molecule has 0 aliphatic rings. The van der Waals surface area contributed by atoms with E-state index in [1.165, 1.54) is 0 Å². The van der Waals surface area contributed by atoms with Gasteiger partial charge in [-0.3, -0.25) is 5.41 Å². The van der Waals surface area contributed by atoms with Gasteiger partial charge < -0.3 is 5.73 Å². The van der Waals surface area contributed by atoms with E-state index in [0.717, 1.165) is 15.6 Å². The summed E-state index contributed by atoms with van der Waals surface area (Å²) in [5, 5.41) is 8.59. The zero-order chi connectivity index (χ0) is 11.8. The Hall–Kier alpha value is -0.900. The first-order valence-electron chi connectivity index (χ1n) is 5.09. The van der Waals surface area contributed by atoms with Crippen molar-refractivity contribution in [1.82, 2.24) is 4.98 Å². The Kier molecular flexibility index (Phi) is 3.19. The second kappa shape index (κ2) is 3.93. The van der Waals surface area contributed by atoms with Crippen LogP contribution < -0.4 is 5.73 Å². The number of amidine groups is 1. The van der Waals surface area contributed by atoms with E-state index in [2.05, 4.69) is 39.6 Å². The predicted molar refractivity (Wildman–Crippen MR) is 65.9 cm³/mol. The monoisotopic (exact) mass is 225 g/mol. The van der Waals surface area contributed by atoms with Crippen LogP contribution in [-0.4, -0.2) is 10.8 Å². The molecule has 0 fully saturated rings. The topological polar surface area (TPSA) is 62.8 Å². The summed E-state index contributed by atoms with van der Waals surface area (Å²) in [5.74, 6) is 0.447. The molecule has 0 atom stereocenters. The van der Waals surface area contributed by atoms with Crippen molar-refractivity contribution in [2.45, 2.75) is 46.0 Å². The van der Waals surface area contributed by atoms with Crippen LogP contribution in [0.25, 0.3) is 0 Å². The Morgan fingerprint density at radius 1 is 1.40 bits per heavy atom. The zero-order valence-electron chi connectivity index (χ0n) is 10.0. The van der Waals surface area contributed by atoms with Gasteiger partial charge in [0.05, 0.1) is 15.6 Å². The zero-order valence-corrected chi connectivity index (χ0v) is 10.8. The summed E-state index contributed by atoms with van der Waals surface area (Å²) >= 11 is 1.54. The summed E-state index contributed by atoms with van der Waals surface area (Å²) in [4.78, 5) is 5.43. The first kappa shape index (κ1) is 12.2. The Morgan fingerprint density at radius 3 is 2.20 bits per heavy atom. The van der Waals surface area contributed by atoms with Gasteiger partial charge in [0.1, 0.15) is 5.84 Å². The molecule has 0 radical (unpaired) electrons. The van der Waals surface area contributed by atoms with E-state index in [4.69, 9.17) is 11.1 Å². The summed E-state index contributed by atoms with van der Waals surface area (Å²) < 4.78 is 0. The second-order valence-electron chi connectivity index (χ2n) is 5.05. The van der Waals surface area contributed by atoms with Gasteiger partial charge in [-0.2, -0.15) is 0 Å². The highest BCUT2D eigenvalue weighted by Gasteiger charge is 2.23. The fraction of sp³-hybridized carbons (Fsp3) is 0.636. The van der Waals surface area contributed by atoms with Gasteiger partial charge in [-0.05, 0) is 5.92 Å². The van der Waals surface area contributed by atoms with Crippen LogP contribution >= 0.6 is 11.3 Å². The van der Waals surface area contributed by atoms with E-state index < -0.39 is 0 Å². The molecule has 0 aliphatic heterocycles. The van der Waals surface area contributed by atoms with Gasteiger partial charge in [-0.15, -0.1) is 11.3 Å². The number of hydrogen-bond donors (Lipinski definition) is 2. The summed E-state index contributed by atoms with van der Waals surface area (Å²) in [6.07, 6.45) is 0. The molecule has 0 spiro atoms. The van der Waals surface area contributed by atoms with Crippen molar-refractivity contribution in [1.29, 1.82) is 5.41 Å². The van der Waals surface area contributed by atoms with E-state index in [-0.39, 0.29) is 11.3 Å². The van der Waals surface area contributed by atoms with E-state index >= 15 is 0 Å². The van der Waals surface area contributed by atoms with Crippen LogP contribution in [0.3, 0.4) is 0 Å². The molecular weight excluding hydrogens is 206 g/mol. The van der Waals surface area contributed by atoms with E-state index in [1.807, 2.05) is 0 Å². The number of nitrogens with zero attached hydrogens (tertiary/aromatic N) is 1. The molecule has 84 valence electrons. The van der Waals surface area contributed by atoms with Crippen LogP contribution in [0.2, 0.25) is 0 Å². The highest BCUT2D eigenvalue weighted by Crippen LogP contribution is 2.32. The van der Waals surface area contributed by atoms with Crippen LogP contribution in [0.5, 0.6) is 0 Å². The highest BCUT2D eigenvalue weighted by molar-refractivity contribution is 7.14. The predicted octanol–water partition coefficient (Wildman–Crippen LogP) is 2.85. The van der Waals surface area contributed by atoms with Crippen molar-refractivity contribution in [2.24, 2.45) is 5.73 Å². The molecule has 0 aliphatic carbocycles. The third-order valence-electron chi connectivity index (χ3n) is 2.09. The van der Waals surface area contributed by atoms with Gasteiger partial charge in [0.15, 0.2) is 0 Å². The van der Waals surface area contributed by atoms with Crippen LogP contribution in [0.4, 0.5) is 0 Å². The average Bonchev–Trinajstić information content (AvgIpc) is 2.45. The lowest BCUT2D eigenvalue weighted by Gasteiger charge is -2.13. The minimum Gasteiger partial charge on any atom is -0.383 e. The van der Waals surface area contributed by atoms with Crippen LogP contribution in [0.15, 0.2) is 0 Å². The standard InChI is InChI=1S/C11H19N3S/c1-6(2)7-8(9(12)13)15-10(14-7)11(3,4)5/h6H,1-5H3,(H3,12,13). The molecule has 1 rings (SSSR count). The van der Waals surface area contributed by atoms with Crippen molar-refractivity contribution in [2.75, 3.05) is 0 Å². The lowest BCUT2D eigenvalue weighted by atomic mass is 9.98. The van der Waals surface area contributed by atoms with E-state index in [9.17, 15) is 0 Å². The normalized spacial score (nSPS) is 12.1. The molecule has 0 saturated heterocycles. The molecule has 15 heavy (non-hydrogen) atoms. The van der Waals surface area contributed by atoms with Crippen molar-refractivity contribution in [3.63, 3.8) is 0 Å². The number of thiazole rings is 1. The number of nitrogens with two attached hydrogens (primary N) is 1. The highest BCUT2D eigenvalue weighted by atomic mass is 32.1. The van der Waals surface area contributed by atoms with Crippen LogP contribution in [-0.2, 0) is 5.41 Å². The Bertz CT molecular complexity index is 372. The third kappa shape index (κ3) is 2.56. The van der Waals surface area contributed by atoms with Crippen molar-refractivity contribution in [3.8, 4) is 0 Å². The van der Waals surface area contributed by atoms with Gasteiger partial charge in [-0.25, -0.2) is 4.98 Å². The van der Waals surface area contributed by atoms with Gasteiger partial charge in [0.2, 0.25) is 0 Å². The number of aromatic nitrogens is 1. The Morgan fingerprint density at radius 2 is 1.93 bits per heavy atom. The molecule has 0 saturated carbocycles. The summed E-state index contributed by atoms with van der Waals surface area (Å²) in [6, 6.07) is 0. The summed E-state index contributed by atoms with van der Waals surface area (Å²) in [7, 11) is 0. The third-order valence-corrected chi connectivity index (χ3v) is 3.62. The SMILES string of the molecule is CC(C)c1nc(C(C)(C)C)sc1C(=N)N. The maximum atomic E-state index is 7.54. The summed E-state index contributed by atoms with van der Waals surface area (Å²) in [5.41, 5.74) is 6.55. The maximum Gasteiger partial charge on any atom is 0.135 e. The van der Waals surface area contributed by atoms with Crippen LogP contribution in [0, 0.1) is 5.41 Å². The van der Waals surface area contributed by atoms with Crippen molar-refractivity contribution in [3.05, 3.63) is 15.6 Å². The molecule has 0 aromatic carbocycles.